The Hall–Kier alpha value is -0.640. The Morgan fingerprint density at radius 3 is 2.67 bits per heavy atom. The minimum absolute atomic E-state index is 0.229. The number of fused-ring (bicyclic) bond motifs is 1. The molecule has 0 aliphatic heterocycles. The zero-order valence-electron chi connectivity index (χ0n) is 12.1. The standard InChI is InChI=1S/C18H19Br2N/c1-2-21-18(16-11-15(19)8-9-17(16)20)14-7-6-12-4-3-5-13(12)10-14/h6-11,18,21H,2-5H2,1H3. The molecule has 1 nitrogen and oxygen atoms in total. The maximum absolute atomic E-state index is 3.70. The largest absolute Gasteiger partial charge is 0.306 e. The first kappa shape index (κ1) is 15.3. The average Bonchev–Trinajstić information content (AvgIpc) is 2.95. The van der Waals surface area contributed by atoms with Crippen LogP contribution >= 0.6 is 31.9 Å². The first-order chi connectivity index (χ1) is 10.2. The van der Waals surface area contributed by atoms with Crippen molar-refractivity contribution in [1.29, 1.82) is 0 Å². The molecule has 2 aromatic rings. The van der Waals surface area contributed by atoms with Gasteiger partial charge in [0, 0.05) is 8.95 Å². The van der Waals surface area contributed by atoms with E-state index in [2.05, 4.69) is 80.5 Å². The molecule has 0 saturated carbocycles. The molecule has 3 heteroatoms. The van der Waals surface area contributed by atoms with Crippen LogP contribution in [0.25, 0.3) is 0 Å². The minimum atomic E-state index is 0.229. The van der Waals surface area contributed by atoms with Crippen molar-refractivity contribution < 1.29 is 0 Å². The number of hydrogen-bond donors (Lipinski definition) is 1. The highest BCUT2D eigenvalue weighted by atomic mass is 79.9. The smallest absolute Gasteiger partial charge is 0.0588 e. The molecule has 21 heavy (non-hydrogen) atoms. The number of halogens is 2. The Balaban J connectivity index is 2.03. The molecule has 0 heterocycles. The molecule has 1 unspecified atom stereocenters. The normalized spacial score (nSPS) is 15.0. The zero-order valence-corrected chi connectivity index (χ0v) is 15.3. The van der Waals surface area contributed by atoms with Crippen molar-refractivity contribution in [3.8, 4) is 0 Å². The number of rotatable bonds is 4. The molecule has 2 aromatic carbocycles. The highest BCUT2D eigenvalue weighted by Gasteiger charge is 2.19. The third-order valence-electron chi connectivity index (χ3n) is 4.13. The van der Waals surface area contributed by atoms with Gasteiger partial charge in [0.1, 0.15) is 0 Å². The number of benzene rings is 2. The van der Waals surface area contributed by atoms with Crippen LogP contribution in [0.4, 0.5) is 0 Å². The summed E-state index contributed by atoms with van der Waals surface area (Å²) >= 11 is 7.29. The second kappa shape index (κ2) is 6.64. The fraction of sp³-hybridized carbons (Fsp3) is 0.333. The van der Waals surface area contributed by atoms with Crippen LogP contribution < -0.4 is 5.32 Å². The van der Waals surface area contributed by atoms with E-state index in [0.29, 0.717) is 0 Å². The third kappa shape index (κ3) is 3.25. The lowest BCUT2D eigenvalue weighted by molar-refractivity contribution is 0.627. The number of nitrogens with one attached hydrogen (secondary N) is 1. The van der Waals surface area contributed by atoms with Crippen LogP contribution in [0.1, 0.15) is 41.6 Å². The van der Waals surface area contributed by atoms with Crippen LogP contribution in [0.3, 0.4) is 0 Å². The van der Waals surface area contributed by atoms with Gasteiger partial charge in [-0.25, -0.2) is 0 Å². The second-order valence-corrected chi connectivity index (χ2v) is 7.31. The SMILES string of the molecule is CCNC(c1ccc2c(c1)CCC2)c1cc(Br)ccc1Br. The molecular weight excluding hydrogens is 390 g/mol. The lowest BCUT2D eigenvalue weighted by Crippen LogP contribution is -2.22. The van der Waals surface area contributed by atoms with Crippen LogP contribution in [0, 0.1) is 0 Å². The Bertz CT molecular complexity index is 652. The Labute approximate surface area is 143 Å². The monoisotopic (exact) mass is 407 g/mol. The molecule has 0 aromatic heterocycles. The first-order valence-corrected chi connectivity index (χ1v) is 9.07. The number of aryl methyl sites for hydroxylation is 2. The van der Waals surface area contributed by atoms with Crippen LogP contribution in [0.15, 0.2) is 45.3 Å². The Kier molecular flexibility index (Phi) is 4.82. The highest BCUT2D eigenvalue weighted by molar-refractivity contribution is 9.11. The minimum Gasteiger partial charge on any atom is -0.306 e. The van der Waals surface area contributed by atoms with Gasteiger partial charge in [-0.05, 0) is 66.3 Å². The summed E-state index contributed by atoms with van der Waals surface area (Å²) in [6.07, 6.45) is 3.76. The highest BCUT2D eigenvalue weighted by Crippen LogP contribution is 2.33. The van der Waals surface area contributed by atoms with E-state index in [1.165, 1.54) is 41.5 Å². The fourth-order valence-electron chi connectivity index (χ4n) is 3.12. The summed E-state index contributed by atoms with van der Waals surface area (Å²) in [5.74, 6) is 0. The van der Waals surface area contributed by atoms with Gasteiger partial charge in [-0.1, -0.05) is 57.0 Å². The predicted octanol–water partition coefficient (Wildman–Crippen LogP) is 5.40. The predicted molar refractivity (Wildman–Crippen MR) is 95.8 cm³/mol. The zero-order chi connectivity index (χ0) is 14.8. The van der Waals surface area contributed by atoms with E-state index in [-0.39, 0.29) is 6.04 Å². The molecule has 1 aliphatic rings. The maximum atomic E-state index is 3.70. The lowest BCUT2D eigenvalue weighted by Gasteiger charge is -2.21. The summed E-state index contributed by atoms with van der Waals surface area (Å²) < 4.78 is 2.27. The van der Waals surface area contributed by atoms with Gasteiger partial charge >= 0.3 is 0 Å². The fourth-order valence-corrected chi connectivity index (χ4v) is 3.97. The Morgan fingerprint density at radius 2 is 1.86 bits per heavy atom. The van der Waals surface area contributed by atoms with Crippen LogP contribution in [0.5, 0.6) is 0 Å². The summed E-state index contributed by atoms with van der Waals surface area (Å²) in [5, 5.41) is 3.62. The van der Waals surface area contributed by atoms with E-state index in [1.807, 2.05) is 0 Å². The maximum Gasteiger partial charge on any atom is 0.0588 e. The van der Waals surface area contributed by atoms with Crippen LogP contribution in [-0.2, 0) is 12.8 Å². The molecule has 0 radical (unpaired) electrons. The summed E-state index contributed by atoms with van der Waals surface area (Å²) in [5.41, 5.74) is 5.70. The van der Waals surface area contributed by atoms with Crippen molar-refractivity contribution in [2.75, 3.05) is 6.54 Å². The summed E-state index contributed by atoms with van der Waals surface area (Å²) in [6.45, 7) is 3.10. The van der Waals surface area contributed by atoms with Crippen molar-refractivity contribution in [2.45, 2.75) is 32.2 Å². The Morgan fingerprint density at radius 1 is 1.05 bits per heavy atom. The molecule has 1 atom stereocenters. The number of hydrogen-bond acceptors (Lipinski definition) is 1. The molecule has 110 valence electrons. The lowest BCUT2D eigenvalue weighted by atomic mass is 9.95. The van der Waals surface area contributed by atoms with E-state index in [1.54, 1.807) is 0 Å². The van der Waals surface area contributed by atoms with Crippen molar-refractivity contribution in [3.63, 3.8) is 0 Å². The van der Waals surface area contributed by atoms with Crippen molar-refractivity contribution in [1.82, 2.24) is 5.32 Å². The quantitative estimate of drug-likeness (QED) is 0.714. The van der Waals surface area contributed by atoms with Crippen LogP contribution in [-0.4, -0.2) is 6.54 Å². The molecule has 0 saturated heterocycles. The van der Waals surface area contributed by atoms with Gasteiger partial charge in [0.25, 0.3) is 0 Å². The molecule has 0 amide bonds. The second-order valence-electron chi connectivity index (χ2n) is 5.54. The topological polar surface area (TPSA) is 12.0 Å². The molecule has 1 aliphatic carbocycles. The van der Waals surface area contributed by atoms with Crippen molar-refractivity contribution in [2.24, 2.45) is 0 Å². The van der Waals surface area contributed by atoms with E-state index in [4.69, 9.17) is 0 Å². The van der Waals surface area contributed by atoms with Gasteiger partial charge in [0.2, 0.25) is 0 Å². The third-order valence-corrected chi connectivity index (χ3v) is 5.35. The van der Waals surface area contributed by atoms with E-state index in [0.717, 1.165) is 15.5 Å². The van der Waals surface area contributed by atoms with Crippen molar-refractivity contribution in [3.05, 3.63) is 67.6 Å². The van der Waals surface area contributed by atoms with Gasteiger partial charge in [-0.3, -0.25) is 0 Å². The molecule has 3 rings (SSSR count). The van der Waals surface area contributed by atoms with E-state index < -0.39 is 0 Å². The van der Waals surface area contributed by atoms with Crippen molar-refractivity contribution >= 4 is 31.9 Å². The van der Waals surface area contributed by atoms with E-state index in [9.17, 15) is 0 Å². The molecular formula is C18H19Br2N. The van der Waals surface area contributed by atoms with Gasteiger partial charge in [0.05, 0.1) is 6.04 Å². The average molecular weight is 409 g/mol. The summed E-state index contributed by atoms with van der Waals surface area (Å²) in [6, 6.07) is 13.6. The molecule has 0 bridgehead atoms. The molecule has 1 N–H and O–H groups in total. The van der Waals surface area contributed by atoms with Gasteiger partial charge in [0.15, 0.2) is 0 Å². The summed E-state index contributed by atoms with van der Waals surface area (Å²) in [4.78, 5) is 0. The molecule has 0 fully saturated rings. The van der Waals surface area contributed by atoms with Gasteiger partial charge in [-0.15, -0.1) is 0 Å². The van der Waals surface area contributed by atoms with Crippen LogP contribution in [0.2, 0.25) is 0 Å². The van der Waals surface area contributed by atoms with Gasteiger partial charge < -0.3 is 5.32 Å². The first-order valence-electron chi connectivity index (χ1n) is 7.49. The molecule has 0 spiro atoms. The van der Waals surface area contributed by atoms with E-state index >= 15 is 0 Å². The van der Waals surface area contributed by atoms with Gasteiger partial charge in [-0.2, -0.15) is 0 Å². The summed E-state index contributed by atoms with van der Waals surface area (Å²) in [7, 11) is 0.